The Kier molecular flexibility index (Phi) is 1350. The first-order valence-corrected chi connectivity index (χ1v) is 0. The van der Waals surface area contributed by atoms with Gasteiger partial charge in [-0.3, -0.25) is 0 Å². The van der Waals surface area contributed by atoms with Gasteiger partial charge in [0.05, 0.1) is 0 Å². The van der Waals surface area contributed by atoms with E-state index in [0.29, 0.717) is 0 Å². The molecule has 60 valence electrons. The van der Waals surface area contributed by atoms with Crippen LogP contribution in [0.25, 0.3) is 0 Å². The Hall–Kier alpha value is 3.03. The van der Waals surface area contributed by atoms with E-state index in [1.165, 1.54) is 0 Å². The molecule has 0 spiro atoms. The molecular weight excluding hydrogens is 420 g/mol. The third-order valence-electron chi connectivity index (χ3n) is 0. The molecule has 0 heterocycles. The summed E-state index contributed by atoms with van der Waals surface area (Å²) in [6.45, 7) is 0. The van der Waals surface area contributed by atoms with Crippen LogP contribution in [-0.4, -0.2) is 0 Å². The molecule has 0 radical (unpaired) electrons. The van der Waals surface area contributed by atoms with Crippen LogP contribution < -0.4 is 74.4 Å². The van der Waals surface area contributed by atoms with E-state index >= 15 is 0 Å². The molecule has 0 N–H and O–H groups in total. The SMILES string of the molecule is [Cl-].[Cl-].[Cl-].[Cl-].[Cl-].[Cl-].[Pd+2].[Ru+4]. The summed E-state index contributed by atoms with van der Waals surface area (Å²) in [5, 5.41) is 0. The van der Waals surface area contributed by atoms with E-state index in [0.717, 1.165) is 0 Å². The summed E-state index contributed by atoms with van der Waals surface area (Å²) < 4.78 is 0. The van der Waals surface area contributed by atoms with Gasteiger partial charge in [0.2, 0.25) is 0 Å². The molecular formula is Cl6PdRu. The van der Waals surface area contributed by atoms with Crippen molar-refractivity contribution in [3.05, 3.63) is 0 Å². The van der Waals surface area contributed by atoms with Gasteiger partial charge in [-0.1, -0.05) is 0 Å². The van der Waals surface area contributed by atoms with Gasteiger partial charge in [-0.25, -0.2) is 0 Å². The maximum Gasteiger partial charge on any atom is 4.00 e. The van der Waals surface area contributed by atoms with Crippen LogP contribution in [0.1, 0.15) is 0 Å². The van der Waals surface area contributed by atoms with Gasteiger partial charge in [0.25, 0.3) is 0 Å². The van der Waals surface area contributed by atoms with Crippen LogP contribution in [0.4, 0.5) is 0 Å². The summed E-state index contributed by atoms with van der Waals surface area (Å²) in [5.41, 5.74) is 0. The number of hydrogen-bond donors (Lipinski definition) is 0. The van der Waals surface area contributed by atoms with E-state index < -0.39 is 0 Å². The number of rotatable bonds is 0. The van der Waals surface area contributed by atoms with Crippen LogP contribution in [0.3, 0.4) is 0 Å². The van der Waals surface area contributed by atoms with Crippen LogP contribution in [0.15, 0.2) is 0 Å². The van der Waals surface area contributed by atoms with Gasteiger partial charge in [0.15, 0.2) is 0 Å². The minimum Gasteiger partial charge on any atom is -1.00 e. The van der Waals surface area contributed by atoms with Crippen LogP contribution in [0.2, 0.25) is 0 Å². The first-order chi connectivity index (χ1) is 0. The molecule has 0 nitrogen and oxygen atoms in total. The zero-order valence-corrected chi connectivity index (χ0v) is 10.8. The molecule has 0 amide bonds. The fourth-order valence-corrected chi connectivity index (χ4v) is 0. The predicted molar refractivity (Wildman–Crippen MR) is 0 cm³/mol. The molecule has 0 aliphatic carbocycles. The van der Waals surface area contributed by atoms with Crippen molar-refractivity contribution < 1.29 is 114 Å². The van der Waals surface area contributed by atoms with Gasteiger partial charge in [0.1, 0.15) is 0 Å². The van der Waals surface area contributed by atoms with Gasteiger partial charge in [-0.2, -0.15) is 0 Å². The Bertz CT molecular complexity index is 8.49. The average Bonchev–Trinajstić information content (AvgIpc) is 0. The van der Waals surface area contributed by atoms with Crippen molar-refractivity contribution in [2.45, 2.75) is 0 Å². The van der Waals surface area contributed by atoms with E-state index in [9.17, 15) is 0 Å². The molecule has 0 aromatic heterocycles. The van der Waals surface area contributed by atoms with Crippen molar-refractivity contribution in [3.8, 4) is 0 Å². The second kappa shape index (κ2) is 89.2. The van der Waals surface area contributed by atoms with Gasteiger partial charge >= 0.3 is 39.9 Å². The van der Waals surface area contributed by atoms with Crippen LogP contribution in [0, 0.1) is 0 Å². The van der Waals surface area contributed by atoms with Crippen LogP contribution >= 0.6 is 0 Å². The normalized spacial score (nSPS) is 0. The average molecular weight is 420 g/mol. The molecule has 0 bridgehead atoms. The molecule has 0 saturated carbocycles. The minimum absolute atomic E-state index is 0. The van der Waals surface area contributed by atoms with E-state index in [2.05, 4.69) is 0 Å². The third kappa shape index (κ3) is 63.5. The summed E-state index contributed by atoms with van der Waals surface area (Å²) in [6.07, 6.45) is 0. The van der Waals surface area contributed by atoms with Crippen molar-refractivity contribution in [1.29, 1.82) is 0 Å². The molecule has 8 heteroatoms. The smallest absolute Gasteiger partial charge is 1.00 e. The predicted octanol–water partition coefficient (Wildman–Crippen LogP) is -18.0. The molecule has 0 atom stereocenters. The van der Waals surface area contributed by atoms with Gasteiger partial charge in [0, 0.05) is 0 Å². The quantitative estimate of drug-likeness (QED) is 0.342. The Morgan fingerprint density at radius 1 is 0.375 bits per heavy atom. The summed E-state index contributed by atoms with van der Waals surface area (Å²) in [4.78, 5) is 0. The summed E-state index contributed by atoms with van der Waals surface area (Å²) >= 11 is 0. The Morgan fingerprint density at radius 2 is 0.375 bits per heavy atom. The fraction of sp³-hybridized carbons (Fsp3) is 0. The van der Waals surface area contributed by atoms with Crippen molar-refractivity contribution >= 4 is 0 Å². The largest absolute Gasteiger partial charge is 4.00 e. The van der Waals surface area contributed by atoms with Gasteiger partial charge < -0.3 is 74.4 Å². The number of hydrogen-bond acceptors (Lipinski definition) is 0. The first-order valence-electron chi connectivity index (χ1n) is 0. The molecule has 0 rings (SSSR count). The van der Waals surface area contributed by atoms with Crippen molar-refractivity contribution in [2.24, 2.45) is 0 Å². The molecule has 0 aromatic rings. The maximum absolute atomic E-state index is 0. The van der Waals surface area contributed by atoms with Crippen LogP contribution in [0.5, 0.6) is 0 Å². The Labute approximate surface area is 113 Å². The van der Waals surface area contributed by atoms with Crippen molar-refractivity contribution in [3.63, 3.8) is 0 Å². The second-order valence-electron chi connectivity index (χ2n) is 0. The molecule has 0 saturated heterocycles. The number of halogens is 6. The third-order valence-corrected chi connectivity index (χ3v) is 0. The molecule has 0 unspecified atom stereocenters. The Morgan fingerprint density at radius 3 is 0.375 bits per heavy atom. The first kappa shape index (κ1) is 121. The standard InChI is InChI=1S/6ClH.Pd.Ru/h6*1H;;/q;;;;;;+2;+4/p-6. The van der Waals surface area contributed by atoms with E-state index in [4.69, 9.17) is 0 Å². The zero-order chi connectivity index (χ0) is 0. The molecule has 0 fully saturated rings. The fourth-order valence-electron chi connectivity index (χ4n) is 0. The zero-order valence-electron chi connectivity index (χ0n) is 2.94. The molecule has 8 heavy (non-hydrogen) atoms. The van der Waals surface area contributed by atoms with Crippen molar-refractivity contribution in [2.75, 3.05) is 0 Å². The molecule has 0 aromatic carbocycles. The second-order valence-corrected chi connectivity index (χ2v) is 0. The maximum atomic E-state index is 0. The summed E-state index contributed by atoms with van der Waals surface area (Å²) in [5.74, 6) is 0. The molecule has 0 aliphatic rings. The van der Waals surface area contributed by atoms with Crippen molar-refractivity contribution in [1.82, 2.24) is 0 Å². The Balaban J connectivity index is 0. The van der Waals surface area contributed by atoms with Gasteiger partial charge in [-0.05, 0) is 0 Å². The molecule has 0 aliphatic heterocycles. The van der Waals surface area contributed by atoms with E-state index in [1.807, 2.05) is 0 Å². The monoisotopic (exact) mass is 418 g/mol. The summed E-state index contributed by atoms with van der Waals surface area (Å²) in [6, 6.07) is 0. The van der Waals surface area contributed by atoms with Crippen LogP contribution in [-0.2, 0) is 39.9 Å². The topological polar surface area (TPSA) is 0 Å². The minimum atomic E-state index is 0. The summed E-state index contributed by atoms with van der Waals surface area (Å²) in [7, 11) is 0. The van der Waals surface area contributed by atoms with Gasteiger partial charge in [-0.15, -0.1) is 0 Å². The van der Waals surface area contributed by atoms with E-state index in [1.54, 1.807) is 0 Å². The van der Waals surface area contributed by atoms with E-state index in [-0.39, 0.29) is 114 Å².